The first-order valence-corrected chi connectivity index (χ1v) is 6.75. The zero-order valence-electron chi connectivity index (χ0n) is 11.2. The van der Waals surface area contributed by atoms with Crippen molar-refractivity contribution in [1.82, 2.24) is 0 Å². The van der Waals surface area contributed by atoms with E-state index in [9.17, 15) is 4.79 Å². The molecule has 1 atom stereocenters. The van der Waals surface area contributed by atoms with Gasteiger partial charge in [-0.25, -0.2) is 4.79 Å². The molecule has 0 unspecified atom stereocenters. The normalized spacial score (nSPS) is 12.5. The Bertz CT molecular complexity index is 391. The van der Waals surface area contributed by atoms with Crippen molar-refractivity contribution < 1.29 is 14.4 Å². The highest BCUT2D eigenvalue weighted by Crippen LogP contribution is 2.16. The van der Waals surface area contributed by atoms with Gasteiger partial charge in [-0.1, -0.05) is 23.7 Å². The molecule has 1 aromatic rings. The number of quaternary nitrogens is 1. The van der Waals surface area contributed by atoms with E-state index in [1.165, 1.54) is 4.90 Å². The summed E-state index contributed by atoms with van der Waals surface area (Å²) in [7, 11) is 0. The molecule has 3 nitrogen and oxygen atoms in total. The smallest absolute Gasteiger partial charge is 0.340 e. The van der Waals surface area contributed by atoms with Gasteiger partial charge in [-0.3, -0.25) is 0 Å². The number of likely N-dealkylation sites (N-methyl/N-ethyl adjacent to an activating group) is 1. The van der Waals surface area contributed by atoms with Crippen molar-refractivity contribution >= 4 is 17.6 Å². The van der Waals surface area contributed by atoms with E-state index in [0.29, 0.717) is 10.6 Å². The molecular formula is C14H21ClNO2+. The summed E-state index contributed by atoms with van der Waals surface area (Å²) in [6, 6.07) is 6.95. The van der Waals surface area contributed by atoms with Gasteiger partial charge in [0.1, 0.15) is 12.6 Å². The van der Waals surface area contributed by atoms with Crippen LogP contribution in [0, 0.1) is 0 Å². The number of halogens is 1. The fourth-order valence-corrected chi connectivity index (χ4v) is 2.07. The third kappa shape index (κ3) is 4.31. The minimum Gasteiger partial charge on any atom is -0.453 e. The number of esters is 1. The van der Waals surface area contributed by atoms with Crippen LogP contribution in [0.2, 0.25) is 5.02 Å². The molecule has 0 saturated heterocycles. The van der Waals surface area contributed by atoms with Gasteiger partial charge in [0.15, 0.2) is 0 Å². The molecule has 0 aliphatic rings. The largest absolute Gasteiger partial charge is 0.453 e. The predicted molar refractivity (Wildman–Crippen MR) is 73.2 cm³/mol. The second kappa shape index (κ2) is 7.39. The summed E-state index contributed by atoms with van der Waals surface area (Å²) in [5.41, 5.74) is 0.431. The summed E-state index contributed by atoms with van der Waals surface area (Å²) >= 11 is 5.96. The lowest BCUT2D eigenvalue weighted by Gasteiger charge is -2.20. The molecule has 1 rings (SSSR count). The van der Waals surface area contributed by atoms with E-state index in [2.05, 4.69) is 13.8 Å². The molecule has 0 spiro atoms. The maximum Gasteiger partial charge on any atom is 0.340 e. The third-order valence-electron chi connectivity index (χ3n) is 2.98. The van der Waals surface area contributed by atoms with Crippen LogP contribution in [0.25, 0.3) is 0 Å². The standard InChI is InChI=1S/C14H20ClNO2/c1-4-16(5-2)10-11(3)18-14(17)12-8-6-7-9-13(12)15/h6-9,11H,4-5,10H2,1-3H3/p+1/t11-/m0/s1. The van der Waals surface area contributed by atoms with Crippen LogP contribution in [-0.4, -0.2) is 31.7 Å². The average molecular weight is 271 g/mol. The van der Waals surface area contributed by atoms with Crippen molar-refractivity contribution in [2.75, 3.05) is 19.6 Å². The average Bonchev–Trinajstić information content (AvgIpc) is 2.36. The Labute approximate surface area is 114 Å². The molecule has 18 heavy (non-hydrogen) atoms. The summed E-state index contributed by atoms with van der Waals surface area (Å²) in [5.74, 6) is -0.348. The van der Waals surface area contributed by atoms with Gasteiger partial charge in [-0.15, -0.1) is 0 Å². The lowest BCUT2D eigenvalue weighted by molar-refractivity contribution is -0.899. The van der Waals surface area contributed by atoms with Crippen LogP contribution < -0.4 is 4.90 Å². The van der Waals surface area contributed by atoms with Gasteiger partial charge in [0.2, 0.25) is 0 Å². The number of nitrogens with one attached hydrogen (secondary N) is 1. The lowest BCUT2D eigenvalue weighted by atomic mass is 10.2. The highest BCUT2D eigenvalue weighted by Gasteiger charge is 2.17. The quantitative estimate of drug-likeness (QED) is 0.800. The van der Waals surface area contributed by atoms with Crippen molar-refractivity contribution in [1.29, 1.82) is 0 Å². The first-order chi connectivity index (χ1) is 8.58. The number of rotatable bonds is 6. The van der Waals surface area contributed by atoms with E-state index in [1.54, 1.807) is 24.3 Å². The van der Waals surface area contributed by atoms with E-state index in [1.807, 2.05) is 6.92 Å². The second-order valence-electron chi connectivity index (χ2n) is 4.36. The van der Waals surface area contributed by atoms with Gasteiger partial charge in [-0.05, 0) is 32.9 Å². The Hall–Kier alpha value is -1.06. The molecule has 0 fully saturated rings. The Morgan fingerprint density at radius 2 is 1.94 bits per heavy atom. The number of carbonyl (C=O) groups is 1. The van der Waals surface area contributed by atoms with Crippen LogP contribution in [-0.2, 0) is 4.74 Å². The van der Waals surface area contributed by atoms with Crippen LogP contribution in [0.1, 0.15) is 31.1 Å². The van der Waals surface area contributed by atoms with Gasteiger partial charge in [0.25, 0.3) is 0 Å². The highest BCUT2D eigenvalue weighted by atomic mass is 35.5. The minimum atomic E-state index is -0.348. The van der Waals surface area contributed by atoms with Crippen molar-refractivity contribution in [2.45, 2.75) is 26.9 Å². The maximum atomic E-state index is 11.9. The van der Waals surface area contributed by atoms with Crippen LogP contribution in [0.5, 0.6) is 0 Å². The highest BCUT2D eigenvalue weighted by molar-refractivity contribution is 6.33. The molecule has 0 aromatic heterocycles. The number of benzene rings is 1. The third-order valence-corrected chi connectivity index (χ3v) is 3.31. The van der Waals surface area contributed by atoms with Gasteiger partial charge < -0.3 is 9.64 Å². The Kier molecular flexibility index (Phi) is 6.16. The Balaban J connectivity index is 2.57. The second-order valence-corrected chi connectivity index (χ2v) is 4.76. The SMILES string of the molecule is CC[NH+](CC)C[C@H](C)OC(=O)c1ccccc1Cl. The summed E-state index contributed by atoms with van der Waals surface area (Å²) in [4.78, 5) is 13.3. The molecule has 0 saturated carbocycles. The van der Waals surface area contributed by atoms with E-state index < -0.39 is 0 Å². The molecule has 0 radical (unpaired) electrons. The van der Waals surface area contributed by atoms with Gasteiger partial charge in [-0.2, -0.15) is 0 Å². The van der Waals surface area contributed by atoms with Gasteiger partial charge in [0.05, 0.1) is 23.7 Å². The topological polar surface area (TPSA) is 30.7 Å². The van der Waals surface area contributed by atoms with Crippen molar-refractivity contribution in [2.24, 2.45) is 0 Å². The van der Waals surface area contributed by atoms with E-state index in [4.69, 9.17) is 16.3 Å². The molecule has 0 bridgehead atoms. The van der Waals surface area contributed by atoms with Crippen LogP contribution in [0.15, 0.2) is 24.3 Å². The summed E-state index contributed by atoms with van der Waals surface area (Å²) in [6.07, 6.45) is -0.108. The monoisotopic (exact) mass is 270 g/mol. The van der Waals surface area contributed by atoms with Crippen LogP contribution in [0.3, 0.4) is 0 Å². The fourth-order valence-electron chi connectivity index (χ4n) is 1.86. The molecule has 1 aromatic carbocycles. The first kappa shape index (κ1) is 15.0. The predicted octanol–water partition coefficient (Wildman–Crippen LogP) is 1.81. The van der Waals surface area contributed by atoms with Crippen molar-refractivity contribution in [3.05, 3.63) is 34.9 Å². The maximum absolute atomic E-state index is 11.9. The zero-order valence-corrected chi connectivity index (χ0v) is 12.0. The number of ether oxygens (including phenoxy) is 1. The van der Waals surface area contributed by atoms with Gasteiger partial charge >= 0.3 is 5.97 Å². The molecule has 0 aliphatic carbocycles. The lowest BCUT2D eigenvalue weighted by Crippen LogP contribution is -3.12. The summed E-state index contributed by atoms with van der Waals surface area (Å²) in [5, 5.41) is 0.435. The molecular weight excluding hydrogens is 250 g/mol. The molecule has 1 N–H and O–H groups in total. The van der Waals surface area contributed by atoms with Crippen molar-refractivity contribution in [3.63, 3.8) is 0 Å². The number of carbonyl (C=O) groups excluding carboxylic acids is 1. The van der Waals surface area contributed by atoms with E-state index in [-0.39, 0.29) is 12.1 Å². The summed E-state index contributed by atoms with van der Waals surface area (Å²) in [6.45, 7) is 9.06. The molecule has 100 valence electrons. The summed E-state index contributed by atoms with van der Waals surface area (Å²) < 4.78 is 5.41. The van der Waals surface area contributed by atoms with Crippen LogP contribution >= 0.6 is 11.6 Å². The molecule has 4 heteroatoms. The minimum absolute atomic E-state index is 0.108. The first-order valence-electron chi connectivity index (χ1n) is 6.37. The number of hydrogen-bond acceptors (Lipinski definition) is 2. The fraction of sp³-hybridized carbons (Fsp3) is 0.500. The van der Waals surface area contributed by atoms with E-state index in [0.717, 1.165) is 19.6 Å². The molecule has 0 heterocycles. The van der Waals surface area contributed by atoms with Crippen molar-refractivity contribution in [3.8, 4) is 0 Å². The number of hydrogen-bond donors (Lipinski definition) is 1. The Morgan fingerprint density at radius 3 is 2.50 bits per heavy atom. The zero-order chi connectivity index (χ0) is 13.5. The van der Waals surface area contributed by atoms with Crippen LogP contribution in [0.4, 0.5) is 0 Å². The van der Waals surface area contributed by atoms with E-state index >= 15 is 0 Å². The van der Waals surface area contributed by atoms with Gasteiger partial charge in [0, 0.05) is 0 Å². The molecule has 0 amide bonds. The Morgan fingerprint density at radius 1 is 1.33 bits per heavy atom. The molecule has 0 aliphatic heterocycles.